The van der Waals surface area contributed by atoms with Gasteiger partial charge in [-0.15, -0.1) is 0 Å². The molecule has 0 aliphatic rings. The number of methoxy groups -OCH3 is 2. The molecule has 1 aromatic heterocycles. The lowest BCUT2D eigenvalue weighted by Gasteiger charge is -2.13. The second-order valence-electron chi connectivity index (χ2n) is 6.19. The number of ether oxygens (including phenoxy) is 3. The molecule has 0 fully saturated rings. The van der Waals surface area contributed by atoms with E-state index < -0.39 is 10.7 Å². The van der Waals surface area contributed by atoms with Gasteiger partial charge >= 0.3 is 5.69 Å². The van der Waals surface area contributed by atoms with Gasteiger partial charge in [-0.05, 0) is 23.3 Å². The van der Waals surface area contributed by atoms with Gasteiger partial charge in [0.2, 0.25) is 5.88 Å². The molecule has 0 bridgehead atoms. The molecule has 0 spiro atoms. The summed E-state index contributed by atoms with van der Waals surface area (Å²) < 4.78 is 29.8. The molecule has 0 unspecified atom stereocenters. The topological polar surface area (TPSA) is 83.7 Å². The number of halogens is 1. The third-order valence-corrected chi connectivity index (χ3v) is 4.24. The zero-order chi connectivity index (χ0) is 21.5. The first-order chi connectivity index (χ1) is 14.5. The quantitative estimate of drug-likeness (QED) is 0.303. The summed E-state index contributed by atoms with van der Waals surface area (Å²) in [5.74, 6) is -0.300. The van der Waals surface area contributed by atoms with Gasteiger partial charge in [0.25, 0.3) is 0 Å². The molecule has 3 rings (SSSR count). The number of aromatic nitrogens is 1. The molecule has 0 saturated heterocycles. The van der Waals surface area contributed by atoms with Crippen LogP contribution in [0.4, 0.5) is 10.1 Å². The average Bonchev–Trinajstić information content (AvgIpc) is 2.76. The number of hydrogen-bond donors (Lipinski definition) is 0. The predicted molar refractivity (Wildman–Crippen MR) is 109 cm³/mol. The van der Waals surface area contributed by atoms with Crippen molar-refractivity contribution in [3.05, 3.63) is 99.7 Å². The van der Waals surface area contributed by atoms with E-state index in [1.807, 2.05) is 30.3 Å². The summed E-state index contributed by atoms with van der Waals surface area (Å²) in [6.07, 6.45) is 2.37. The number of hydrogen-bond acceptors (Lipinski definition) is 6. The van der Waals surface area contributed by atoms with Crippen LogP contribution in [0.2, 0.25) is 0 Å². The van der Waals surface area contributed by atoms with Gasteiger partial charge in [-0.2, -0.15) is 0 Å². The van der Waals surface area contributed by atoms with Crippen molar-refractivity contribution >= 4 is 11.3 Å². The molecule has 3 aromatic rings. The van der Waals surface area contributed by atoms with Crippen LogP contribution in [0.3, 0.4) is 0 Å². The molecular weight excluding hydrogens is 391 g/mol. The molecule has 0 N–H and O–H groups in total. The first-order valence-electron chi connectivity index (χ1n) is 8.92. The van der Waals surface area contributed by atoms with E-state index in [-0.39, 0.29) is 23.9 Å². The second kappa shape index (κ2) is 9.51. The molecule has 30 heavy (non-hydrogen) atoms. The first kappa shape index (κ1) is 20.8. The standard InChI is InChI=1S/C22H19FN2O5/c1-28-14-19(18-11-17(23)12-24-22(18)29-2)16-8-9-21(20(10-16)25(26)27)30-13-15-6-4-3-5-7-15/h3-12,14H,13H2,1-2H3/b19-14+. The maximum Gasteiger partial charge on any atom is 0.311 e. The monoisotopic (exact) mass is 410 g/mol. The largest absolute Gasteiger partial charge is 0.504 e. The summed E-state index contributed by atoms with van der Waals surface area (Å²) in [5.41, 5.74) is 1.74. The molecule has 7 nitrogen and oxygen atoms in total. The van der Waals surface area contributed by atoms with Crippen LogP contribution in [-0.2, 0) is 11.3 Å². The fourth-order valence-corrected chi connectivity index (χ4v) is 2.87. The van der Waals surface area contributed by atoms with Crippen LogP contribution in [0.15, 0.2) is 67.1 Å². The Morgan fingerprint density at radius 1 is 1.17 bits per heavy atom. The highest BCUT2D eigenvalue weighted by Gasteiger charge is 2.21. The van der Waals surface area contributed by atoms with Crippen LogP contribution < -0.4 is 9.47 Å². The fraction of sp³-hybridized carbons (Fsp3) is 0.136. The fourth-order valence-electron chi connectivity index (χ4n) is 2.87. The van der Waals surface area contributed by atoms with E-state index in [2.05, 4.69) is 4.98 Å². The van der Waals surface area contributed by atoms with Crippen LogP contribution in [0.5, 0.6) is 11.6 Å². The number of benzene rings is 2. The molecule has 0 radical (unpaired) electrons. The molecule has 0 atom stereocenters. The minimum Gasteiger partial charge on any atom is -0.504 e. The second-order valence-corrected chi connectivity index (χ2v) is 6.19. The molecule has 2 aromatic carbocycles. The van der Waals surface area contributed by atoms with E-state index in [1.54, 1.807) is 6.07 Å². The van der Waals surface area contributed by atoms with Gasteiger partial charge in [0.1, 0.15) is 12.4 Å². The highest BCUT2D eigenvalue weighted by molar-refractivity contribution is 5.82. The van der Waals surface area contributed by atoms with E-state index >= 15 is 0 Å². The Balaban J connectivity index is 2.00. The van der Waals surface area contributed by atoms with Crippen LogP contribution in [0.25, 0.3) is 5.57 Å². The summed E-state index contributed by atoms with van der Waals surface area (Å²) in [5, 5.41) is 11.7. The first-order valence-corrected chi connectivity index (χ1v) is 8.92. The molecular formula is C22H19FN2O5. The highest BCUT2D eigenvalue weighted by Crippen LogP contribution is 2.36. The zero-order valence-electron chi connectivity index (χ0n) is 16.4. The molecule has 8 heteroatoms. The summed E-state index contributed by atoms with van der Waals surface area (Å²) in [7, 11) is 2.82. The van der Waals surface area contributed by atoms with E-state index in [0.717, 1.165) is 11.8 Å². The Hall–Kier alpha value is -3.94. The van der Waals surface area contributed by atoms with Gasteiger partial charge in [-0.25, -0.2) is 9.37 Å². The zero-order valence-corrected chi connectivity index (χ0v) is 16.4. The summed E-state index contributed by atoms with van der Waals surface area (Å²) in [4.78, 5) is 15.0. The van der Waals surface area contributed by atoms with Crippen molar-refractivity contribution in [2.24, 2.45) is 0 Å². The molecule has 154 valence electrons. The van der Waals surface area contributed by atoms with Crippen molar-refractivity contribution in [3.63, 3.8) is 0 Å². The number of rotatable bonds is 8. The maximum atomic E-state index is 13.8. The van der Waals surface area contributed by atoms with Crippen molar-refractivity contribution in [2.45, 2.75) is 6.61 Å². The van der Waals surface area contributed by atoms with Gasteiger partial charge in [0.15, 0.2) is 5.75 Å². The van der Waals surface area contributed by atoms with Gasteiger partial charge in [-0.3, -0.25) is 10.1 Å². The van der Waals surface area contributed by atoms with Gasteiger partial charge in [0, 0.05) is 11.6 Å². The maximum absolute atomic E-state index is 13.8. The average molecular weight is 410 g/mol. The van der Waals surface area contributed by atoms with E-state index in [9.17, 15) is 14.5 Å². The highest BCUT2D eigenvalue weighted by atomic mass is 19.1. The summed E-state index contributed by atoms with van der Waals surface area (Å²) in [6, 6.07) is 15.0. The number of pyridine rings is 1. The van der Waals surface area contributed by atoms with Gasteiger partial charge < -0.3 is 14.2 Å². The van der Waals surface area contributed by atoms with E-state index in [1.165, 1.54) is 38.7 Å². The number of nitro groups is 1. The minimum atomic E-state index is -0.579. The van der Waals surface area contributed by atoms with Crippen molar-refractivity contribution in [1.29, 1.82) is 0 Å². The molecule has 0 aliphatic carbocycles. The summed E-state index contributed by atoms with van der Waals surface area (Å²) in [6.45, 7) is 0.184. The lowest BCUT2D eigenvalue weighted by molar-refractivity contribution is -0.386. The number of nitro benzene ring substituents is 1. The minimum absolute atomic E-state index is 0.119. The smallest absolute Gasteiger partial charge is 0.311 e. The molecule has 1 heterocycles. The van der Waals surface area contributed by atoms with Crippen LogP contribution in [0, 0.1) is 15.9 Å². The lowest BCUT2D eigenvalue weighted by atomic mass is 9.99. The Kier molecular flexibility index (Phi) is 6.59. The van der Waals surface area contributed by atoms with Crippen molar-refractivity contribution in [2.75, 3.05) is 14.2 Å². The molecule has 0 aliphatic heterocycles. The Morgan fingerprint density at radius 2 is 1.93 bits per heavy atom. The van der Waals surface area contributed by atoms with Crippen molar-refractivity contribution in [3.8, 4) is 11.6 Å². The summed E-state index contributed by atoms with van der Waals surface area (Å²) >= 11 is 0. The Morgan fingerprint density at radius 3 is 2.60 bits per heavy atom. The normalized spacial score (nSPS) is 11.1. The van der Waals surface area contributed by atoms with E-state index in [4.69, 9.17) is 14.2 Å². The number of nitrogens with zero attached hydrogens (tertiary/aromatic N) is 2. The van der Waals surface area contributed by atoms with Crippen LogP contribution in [-0.4, -0.2) is 24.1 Å². The van der Waals surface area contributed by atoms with Crippen LogP contribution >= 0.6 is 0 Å². The third-order valence-electron chi connectivity index (χ3n) is 4.24. The third kappa shape index (κ3) is 4.72. The predicted octanol–water partition coefficient (Wildman–Crippen LogP) is 4.75. The van der Waals surface area contributed by atoms with Crippen LogP contribution in [0.1, 0.15) is 16.7 Å². The molecule has 0 amide bonds. The van der Waals surface area contributed by atoms with Gasteiger partial charge in [-0.1, -0.05) is 36.4 Å². The lowest BCUT2D eigenvalue weighted by Crippen LogP contribution is -2.01. The van der Waals surface area contributed by atoms with Crippen molar-refractivity contribution < 1.29 is 23.5 Å². The Bertz CT molecular complexity index is 1070. The van der Waals surface area contributed by atoms with Gasteiger partial charge in [0.05, 0.1) is 37.2 Å². The molecule has 0 saturated carbocycles. The van der Waals surface area contributed by atoms with Crippen molar-refractivity contribution in [1.82, 2.24) is 4.98 Å². The SMILES string of the molecule is CO/C=C(\c1ccc(OCc2ccccc2)c([N+](=O)[O-])c1)c1cc(F)cnc1OC. The van der Waals surface area contributed by atoms with E-state index in [0.29, 0.717) is 16.7 Å². The Labute approximate surface area is 172 Å².